The van der Waals surface area contributed by atoms with E-state index in [9.17, 15) is 0 Å². The fraction of sp³-hybridized carbons (Fsp3) is 0.226. The molecule has 1 unspecified atom stereocenters. The van der Waals surface area contributed by atoms with E-state index in [4.69, 9.17) is 9.47 Å². The van der Waals surface area contributed by atoms with Crippen molar-refractivity contribution in [2.24, 2.45) is 0 Å². The van der Waals surface area contributed by atoms with E-state index in [1.807, 2.05) is 12.1 Å². The molecule has 4 nitrogen and oxygen atoms in total. The molecule has 0 amide bonds. The van der Waals surface area contributed by atoms with E-state index in [0.29, 0.717) is 19.4 Å². The average Bonchev–Trinajstić information content (AvgIpc) is 2.93. The fourth-order valence-corrected chi connectivity index (χ4v) is 5.07. The van der Waals surface area contributed by atoms with Crippen LogP contribution in [0.3, 0.4) is 0 Å². The maximum atomic E-state index is 6.06. The van der Waals surface area contributed by atoms with Crippen molar-refractivity contribution in [1.82, 2.24) is 0 Å². The lowest BCUT2D eigenvalue weighted by Crippen LogP contribution is -2.32. The average molecular weight is 463 g/mol. The first kappa shape index (κ1) is 21.6. The Balaban J connectivity index is 1.17. The van der Waals surface area contributed by atoms with E-state index >= 15 is 0 Å². The van der Waals surface area contributed by atoms with Gasteiger partial charge in [-0.25, -0.2) is 0 Å². The molecule has 6 rings (SSSR count). The molecule has 0 saturated heterocycles. The molecule has 2 aliphatic rings. The van der Waals surface area contributed by atoms with Gasteiger partial charge in [0.15, 0.2) is 13.5 Å². The van der Waals surface area contributed by atoms with Crippen molar-refractivity contribution in [2.45, 2.75) is 32.4 Å². The van der Waals surface area contributed by atoms with Crippen LogP contribution in [0.1, 0.15) is 35.1 Å². The minimum Gasteiger partial charge on any atom is -0.473 e. The van der Waals surface area contributed by atoms with E-state index in [0.717, 1.165) is 31.0 Å². The Bertz CT molecular complexity index is 1310. The summed E-state index contributed by atoms with van der Waals surface area (Å²) < 4.78 is 12.1. The van der Waals surface area contributed by atoms with Crippen LogP contribution in [0.25, 0.3) is 0 Å². The number of benzene rings is 4. The van der Waals surface area contributed by atoms with Crippen LogP contribution in [-0.2, 0) is 19.5 Å². The van der Waals surface area contributed by atoms with Crippen molar-refractivity contribution in [3.8, 4) is 11.5 Å². The molecular formula is C31H30N2O2. The van der Waals surface area contributed by atoms with Crippen LogP contribution in [0, 0.1) is 0 Å². The molecule has 35 heavy (non-hydrogen) atoms. The molecule has 0 saturated carbocycles. The summed E-state index contributed by atoms with van der Waals surface area (Å²) in [7, 11) is 0. The monoisotopic (exact) mass is 462 g/mol. The highest BCUT2D eigenvalue weighted by Gasteiger charge is 2.21. The second-order valence-electron chi connectivity index (χ2n) is 9.53. The minimum absolute atomic E-state index is 0.403. The van der Waals surface area contributed by atoms with Crippen LogP contribution in [0.4, 0.5) is 11.4 Å². The molecule has 0 fully saturated rings. The highest BCUT2D eigenvalue weighted by molar-refractivity contribution is 5.52. The largest absolute Gasteiger partial charge is 0.473 e. The Kier molecular flexibility index (Phi) is 5.79. The lowest BCUT2D eigenvalue weighted by atomic mass is 9.91. The van der Waals surface area contributed by atoms with E-state index in [2.05, 4.69) is 102 Å². The Morgan fingerprint density at radius 1 is 0.657 bits per heavy atom. The third-order valence-electron chi connectivity index (χ3n) is 7.04. The molecular weight excluding hydrogens is 432 g/mol. The van der Waals surface area contributed by atoms with Crippen molar-refractivity contribution in [3.05, 3.63) is 119 Å². The molecule has 4 aromatic carbocycles. The van der Waals surface area contributed by atoms with Crippen molar-refractivity contribution in [1.29, 1.82) is 0 Å². The molecule has 176 valence electrons. The second-order valence-corrected chi connectivity index (χ2v) is 9.53. The number of para-hydroxylation sites is 2. The van der Waals surface area contributed by atoms with Crippen molar-refractivity contribution in [3.63, 3.8) is 0 Å². The number of hydrogen-bond donors (Lipinski definition) is 0. The van der Waals surface area contributed by atoms with Gasteiger partial charge in [0.25, 0.3) is 0 Å². The van der Waals surface area contributed by atoms with Crippen LogP contribution in [-0.4, -0.2) is 13.5 Å². The Morgan fingerprint density at radius 3 is 1.80 bits per heavy atom. The third-order valence-corrected chi connectivity index (χ3v) is 7.04. The molecule has 4 aromatic rings. The molecule has 0 aromatic heterocycles. The van der Waals surface area contributed by atoms with Crippen LogP contribution in [0.15, 0.2) is 97.1 Å². The molecule has 2 heterocycles. The van der Waals surface area contributed by atoms with Gasteiger partial charge in [0.05, 0.1) is 0 Å². The SMILES string of the molecule is CC(Cc1ccc2c(c1)CN(c1ccccc1)CO2)c1ccc2c(c1)CN(c1ccccc1)CO2. The minimum atomic E-state index is 0.403. The number of hydrogen-bond acceptors (Lipinski definition) is 4. The molecule has 1 atom stereocenters. The zero-order valence-corrected chi connectivity index (χ0v) is 20.1. The zero-order chi connectivity index (χ0) is 23.6. The summed E-state index contributed by atoms with van der Waals surface area (Å²) in [6, 6.07) is 34.3. The molecule has 4 heteroatoms. The van der Waals surface area contributed by atoms with Gasteiger partial charge in [-0.05, 0) is 59.9 Å². The summed E-state index contributed by atoms with van der Waals surface area (Å²) in [5.41, 5.74) is 7.58. The van der Waals surface area contributed by atoms with Gasteiger partial charge >= 0.3 is 0 Å². The predicted octanol–water partition coefficient (Wildman–Crippen LogP) is 6.75. The normalized spacial score (nSPS) is 15.5. The van der Waals surface area contributed by atoms with Crippen LogP contribution in [0.5, 0.6) is 11.5 Å². The van der Waals surface area contributed by atoms with Gasteiger partial charge < -0.3 is 19.3 Å². The van der Waals surface area contributed by atoms with E-state index in [1.165, 1.54) is 33.6 Å². The predicted molar refractivity (Wildman–Crippen MR) is 141 cm³/mol. The number of anilines is 2. The first-order valence-electron chi connectivity index (χ1n) is 12.3. The molecule has 0 spiro atoms. The third kappa shape index (κ3) is 4.57. The van der Waals surface area contributed by atoms with Gasteiger partial charge in [0.1, 0.15) is 11.5 Å². The summed E-state index contributed by atoms with van der Waals surface area (Å²) >= 11 is 0. The standard InChI is InChI=1S/C31H30N2O2/c1-23(25-13-15-31-27(18-25)20-33(22-35-31)29-10-6-3-7-11-29)16-24-12-14-30-26(17-24)19-32(21-34-30)28-8-4-2-5-9-28/h2-15,17-18,23H,16,19-22H2,1H3. The quantitative estimate of drug-likeness (QED) is 0.328. The number of ether oxygens (including phenoxy) is 2. The highest BCUT2D eigenvalue weighted by Crippen LogP contribution is 2.33. The lowest BCUT2D eigenvalue weighted by molar-refractivity contribution is 0.289. The molecule has 0 radical (unpaired) electrons. The van der Waals surface area contributed by atoms with Crippen LogP contribution >= 0.6 is 0 Å². The maximum Gasteiger partial charge on any atom is 0.161 e. The van der Waals surface area contributed by atoms with Gasteiger partial charge in [-0.2, -0.15) is 0 Å². The first-order chi connectivity index (χ1) is 17.2. The van der Waals surface area contributed by atoms with Gasteiger partial charge in [-0.15, -0.1) is 0 Å². The second kappa shape index (κ2) is 9.38. The van der Waals surface area contributed by atoms with E-state index in [1.54, 1.807) is 0 Å². The summed E-state index contributed by atoms with van der Waals surface area (Å²) in [5, 5.41) is 0. The van der Waals surface area contributed by atoms with Crippen molar-refractivity contribution in [2.75, 3.05) is 23.3 Å². The van der Waals surface area contributed by atoms with Crippen molar-refractivity contribution >= 4 is 11.4 Å². The summed E-state index contributed by atoms with van der Waals surface area (Å²) in [6.07, 6.45) is 0.987. The number of rotatable bonds is 5. The van der Waals surface area contributed by atoms with Gasteiger partial charge in [0, 0.05) is 35.6 Å². The van der Waals surface area contributed by atoms with Crippen LogP contribution < -0.4 is 19.3 Å². The van der Waals surface area contributed by atoms with Gasteiger partial charge in [-0.1, -0.05) is 67.6 Å². The summed E-state index contributed by atoms with van der Waals surface area (Å²) in [6.45, 7) is 5.22. The van der Waals surface area contributed by atoms with E-state index in [-0.39, 0.29) is 0 Å². The Hall–Kier alpha value is -3.92. The smallest absolute Gasteiger partial charge is 0.161 e. The molecule has 2 aliphatic heterocycles. The van der Waals surface area contributed by atoms with Gasteiger partial charge in [-0.3, -0.25) is 0 Å². The summed E-state index contributed by atoms with van der Waals surface area (Å²) in [5.74, 6) is 2.40. The molecule has 0 N–H and O–H groups in total. The Morgan fingerprint density at radius 2 is 1.20 bits per heavy atom. The van der Waals surface area contributed by atoms with Crippen LogP contribution in [0.2, 0.25) is 0 Å². The zero-order valence-electron chi connectivity index (χ0n) is 20.1. The van der Waals surface area contributed by atoms with E-state index < -0.39 is 0 Å². The fourth-order valence-electron chi connectivity index (χ4n) is 5.07. The lowest BCUT2D eigenvalue weighted by Gasteiger charge is -2.31. The number of fused-ring (bicyclic) bond motifs is 2. The first-order valence-corrected chi connectivity index (χ1v) is 12.3. The van der Waals surface area contributed by atoms with Crippen molar-refractivity contribution < 1.29 is 9.47 Å². The maximum absolute atomic E-state index is 6.06. The molecule has 0 bridgehead atoms. The Labute approximate surface area is 207 Å². The topological polar surface area (TPSA) is 24.9 Å². The summed E-state index contributed by atoms with van der Waals surface area (Å²) in [4.78, 5) is 4.55. The highest BCUT2D eigenvalue weighted by atomic mass is 16.5. The molecule has 0 aliphatic carbocycles. The van der Waals surface area contributed by atoms with Gasteiger partial charge in [0.2, 0.25) is 0 Å². The number of nitrogens with zero attached hydrogens (tertiary/aromatic N) is 2.